The lowest BCUT2D eigenvalue weighted by atomic mass is 9.98. The first-order valence-corrected chi connectivity index (χ1v) is 10.8. The third-order valence-corrected chi connectivity index (χ3v) is 6.45. The number of carbonyl (C=O) groups excluding carboxylic acids is 1. The first-order chi connectivity index (χ1) is 13.2. The normalized spacial score (nSPS) is 11.3. The second-order valence-electron chi connectivity index (χ2n) is 6.44. The Hall–Kier alpha value is -2.71. The van der Waals surface area contributed by atoms with E-state index in [1.165, 1.54) is 48.3 Å². The number of anilines is 1. The van der Waals surface area contributed by atoms with E-state index in [1.807, 2.05) is 26.2 Å². The molecule has 0 fully saturated rings. The minimum atomic E-state index is -3.88. The number of ether oxygens (including phenoxy) is 1. The molecule has 3 aromatic rings. The van der Waals surface area contributed by atoms with Gasteiger partial charge in [-0.25, -0.2) is 18.2 Å². The molecule has 0 aliphatic rings. The number of hydrogen-bond acceptors (Lipinski definition) is 6. The predicted molar refractivity (Wildman–Crippen MR) is 110 cm³/mol. The van der Waals surface area contributed by atoms with E-state index in [0.29, 0.717) is 0 Å². The van der Waals surface area contributed by atoms with Crippen molar-refractivity contribution >= 4 is 32.5 Å². The Morgan fingerprint density at radius 3 is 2.43 bits per heavy atom. The van der Waals surface area contributed by atoms with E-state index in [-0.39, 0.29) is 15.6 Å². The van der Waals surface area contributed by atoms with Crippen molar-refractivity contribution in [1.82, 2.24) is 4.98 Å². The van der Waals surface area contributed by atoms with E-state index >= 15 is 0 Å². The molecule has 0 radical (unpaired) electrons. The van der Waals surface area contributed by atoms with Gasteiger partial charge >= 0.3 is 5.97 Å². The molecule has 0 aliphatic heterocycles. The number of aryl methyl sites for hydroxylation is 3. The molecule has 6 nitrogen and oxygen atoms in total. The van der Waals surface area contributed by atoms with E-state index in [1.54, 1.807) is 0 Å². The predicted octanol–water partition coefficient (Wildman–Crippen LogP) is 4.32. The monoisotopic (exact) mass is 416 g/mol. The number of rotatable bonds is 5. The van der Waals surface area contributed by atoms with Crippen molar-refractivity contribution in [2.45, 2.75) is 25.7 Å². The molecule has 0 saturated carbocycles. The molecule has 0 bridgehead atoms. The Morgan fingerprint density at radius 1 is 1.11 bits per heavy atom. The zero-order chi connectivity index (χ0) is 20.5. The summed E-state index contributed by atoms with van der Waals surface area (Å²) in [5, 5.41) is 2.09. The van der Waals surface area contributed by atoms with Crippen LogP contribution in [0.15, 0.2) is 46.7 Å². The zero-order valence-electron chi connectivity index (χ0n) is 15.9. The van der Waals surface area contributed by atoms with Crippen LogP contribution in [0.5, 0.6) is 0 Å². The Morgan fingerprint density at radius 2 is 1.79 bits per heavy atom. The average molecular weight is 417 g/mol. The number of carbonyl (C=O) groups is 1. The highest BCUT2D eigenvalue weighted by Gasteiger charge is 2.19. The summed E-state index contributed by atoms with van der Waals surface area (Å²) in [7, 11) is -2.64. The number of hydrogen-bond donors (Lipinski definition) is 1. The van der Waals surface area contributed by atoms with Crippen molar-refractivity contribution in [3.05, 3.63) is 64.0 Å². The molecule has 1 heterocycles. The smallest absolute Gasteiger partial charge is 0.337 e. The summed E-state index contributed by atoms with van der Waals surface area (Å²) in [5.41, 5.74) is 5.23. The van der Waals surface area contributed by atoms with Gasteiger partial charge in [0.1, 0.15) is 0 Å². The van der Waals surface area contributed by atoms with Crippen molar-refractivity contribution in [2.75, 3.05) is 11.8 Å². The van der Waals surface area contributed by atoms with Gasteiger partial charge in [-0.3, -0.25) is 4.72 Å². The maximum Gasteiger partial charge on any atom is 0.337 e. The minimum Gasteiger partial charge on any atom is -0.465 e. The number of benzene rings is 2. The molecule has 1 N–H and O–H groups in total. The van der Waals surface area contributed by atoms with Gasteiger partial charge < -0.3 is 4.74 Å². The maximum absolute atomic E-state index is 12.7. The van der Waals surface area contributed by atoms with Gasteiger partial charge in [0.2, 0.25) is 0 Å². The van der Waals surface area contributed by atoms with Crippen LogP contribution in [-0.4, -0.2) is 26.5 Å². The van der Waals surface area contributed by atoms with Gasteiger partial charge in [-0.2, -0.15) is 0 Å². The molecule has 3 rings (SSSR count). The molecule has 0 spiro atoms. The molecule has 0 aliphatic carbocycles. The average Bonchev–Trinajstić information content (AvgIpc) is 3.07. The van der Waals surface area contributed by atoms with E-state index in [4.69, 9.17) is 0 Å². The van der Waals surface area contributed by atoms with Crippen LogP contribution in [0.25, 0.3) is 11.3 Å². The molecule has 1 aromatic heterocycles. The van der Waals surface area contributed by atoms with Crippen molar-refractivity contribution in [3.8, 4) is 11.3 Å². The number of aromatic nitrogens is 1. The quantitative estimate of drug-likeness (QED) is 0.626. The van der Waals surface area contributed by atoms with Crippen LogP contribution in [0.4, 0.5) is 5.13 Å². The van der Waals surface area contributed by atoms with Crippen LogP contribution in [0.2, 0.25) is 0 Å². The number of methoxy groups -OCH3 is 1. The summed E-state index contributed by atoms with van der Waals surface area (Å²) in [4.78, 5) is 16.1. The van der Waals surface area contributed by atoms with Crippen LogP contribution in [0, 0.1) is 20.8 Å². The first-order valence-electron chi connectivity index (χ1n) is 8.46. The Labute approximate surface area is 168 Å². The van der Waals surface area contributed by atoms with Crippen molar-refractivity contribution in [1.29, 1.82) is 0 Å². The highest BCUT2D eigenvalue weighted by molar-refractivity contribution is 7.93. The van der Waals surface area contributed by atoms with Gasteiger partial charge in [0.25, 0.3) is 10.0 Å². The van der Waals surface area contributed by atoms with Gasteiger partial charge in [-0.1, -0.05) is 23.8 Å². The highest BCUT2D eigenvalue weighted by Crippen LogP contribution is 2.31. The Balaban J connectivity index is 1.90. The third kappa shape index (κ3) is 4.07. The zero-order valence-corrected chi connectivity index (χ0v) is 17.6. The maximum atomic E-state index is 12.7. The summed E-state index contributed by atoms with van der Waals surface area (Å²) in [6.07, 6.45) is 0. The molecule has 8 heteroatoms. The van der Waals surface area contributed by atoms with Crippen LogP contribution in [-0.2, 0) is 14.8 Å². The summed E-state index contributed by atoms with van der Waals surface area (Å²) in [6.45, 7) is 6.06. The molecule has 2 aromatic carbocycles. The van der Waals surface area contributed by atoms with Crippen LogP contribution < -0.4 is 4.72 Å². The molecule has 28 heavy (non-hydrogen) atoms. The summed E-state index contributed by atoms with van der Waals surface area (Å²) < 4.78 is 32.5. The van der Waals surface area contributed by atoms with E-state index in [2.05, 4.69) is 26.6 Å². The minimum absolute atomic E-state index is 0.0325. The SMILES string of the molecule is COC(=O)c1cccc(S(=O)(=O)Nc2nc(-c3c(C)cc(C)cc3C)cs2)c1. The lowest BCUT2D eigenvalue weighted by Gasteiger charge is -2.09. The van der Waals surface area contributed by atoms with Crippen LogP contribution in [0.3, 0.4) is 0 Å². The number of esters is 1. The van der Waals surface area contributed by atoms with E-state index in [0.717, 1.165) is 22.4 Å². The molecule has 0 saturated heterocycles. The van der Waals surface area contributed by atoms with E-state index < -0.39 is 16.0 Å². The molecule has 0 atom stereocenters. The lowest BCUT2D eigenvalue weighted by molar-refractivity contribution is 0.0600. The number of sulfonamides is 1. The molecular formula is C20H20N2O4S2. The fourth-order valence-electron chi connectivity index (χ4n) is 3.10. The summed E-state index contributed by atoms with van der Waals surface area (Å²) >= 11 is 1.21. The van der Waals surface area contributed by atoms with Gasteiger partial charge in [-0.15, -0.1) is 11.3 Å². The van der Waals surface area contributed by atoms with Gasteiger partial charge in [-0.05, 0) is 50.1 Å². The van der Waals surface area contributed by atoms with Crippen molar-refractivity contribution < 1.29 is 17.9 Å². The standard InChI is InChI=1S/C20H20N2O4S2/c1-12-8-13(2)18(14(3)9-12)17-11-27-20(21-17)22-28(24,25)16-7-5-6-15(10-16)19(23)26-4/h5-11H,1-4H3,(H,21,22). The topological polar surface area (TPSA) is 85.4 Å². The molecule has 0 amide bonds. The summed E-state index contributed by atoms with van der Waals surface area (Å²) in [5.74, 6) is -0.598. The lowest BCUT2D eigenvalue weighted by Crippen LogP contribution is -2.14. The second-order valence-corrected chi connectivity index (χ2v) is 8.98. The van der Waals surface area contributed by atoms with Gasteiger partial charge in [0, 0.05) is 10.9 Å². The van der Waals surface area contributed by atoms with Crippen molar-refractivity contribution in [2.24, 2.45) is 0 Å². The molecule has 0 unspecified atom stereocenters. The fourth-order valence-corrected chi connectivity index (χ4v) is 5.10. The van der Waals surface area contributed by atoms with Gasteiger partial charge in [0.05, 0.1) is 23.3 Å². The molecule has 146 valence electrons. The fraction of sp³-hybridized carbons (Fsp3) is 0.200. The largest absolute Gasteiger partial charge is 0.465 e. The van der Waals surface area contributed by atoms with E-state index in [9.17, 15) is 13.2 Å². The first kappa shape index (κ1) is 20.0. The Kier molecular flexibility index (Phi) is 5.53. The third-order valence-electron chi connectivity index (χ3n) is 4.22. The summed E-state index contributed by atoms with van der Waals surface area (Å²) in [6, 6.07) is 9.82. The second kappa shape index (κ2) is 7.73. The van der Waals surface area contributed by atoms with Crippen molar-refractivity contribution in [3.63, 3.8) is 0 Å². The Bertz CT molecular complexity index is 1130. The van der Waals surface area contributed by atoms with Crippen LogP contribution >= 0.6 is 11.3 Å². The number of nitrogens with one attached hydrogen (secondary N) is 1. The number of nitrogens with zero attached hydrogens (tertiary/aromatic N) is 1. The number of thiazole rings is 1. The van der Waals surface area contributed by atoms with Crippen LogP contribution in [0.1, 0.15) is 27.0 Å². The highest BCUT2D eigenvalue weighted by atomic mass is 32.2. The van der Waals surface area contributed by atoms with Gasteiger partial charge in [0.15, 0.2) is 5.13 Å². The molecular weight excluding hydrogens is 396 g/mol.